The first-order valence-electron chi connectivity index (χ1n) is 4.26. The summed E-state index contributed by atoms with van der Waals surface area (Å²) in [6, 6.07) is 1.72. The monoisotopic (exact) mass is 180 g/mol. The van der Waals surface area contributed by atoms with E-state index in [1.807, 2.05) is 7.05 Å². The van der Waals surface area contributed by atoms with E-state index >= 15 is 0 Å². The van der Waals surface area contributed by atoms with E-state index in [0.717, 1.165) is 11.6 Å². The maximum Gasteiger partial charge on any atom is 0.138 e. The van der Waals surface area contributed by atoms with Gasteiger partial charge < -0.3 is 11.1 Å². The van der Waals surface area contributed by atoms with E-state index in [0.29, 0.717) is 5.82 Å². The van der Waals surface area contributed by atoms with E-state index in [-0.39, 0.29) is 5.41 Å². The summed E-state index contributed by atoms with van der Waals surface area (Å²) in [6.45, 7) is 6.17. The predicted octanol–water partition coefficient (Wildman–Crippen LogP) is 1.40. The minimum absolute atomic E-state index is 0.0685. The molecule has 0 fully saturated rings. The molecule has 0 saturated carbocycles. The standard InChI is InChI=1S/C9H16N4/c1-9(2,3)8-12-6(10)5-7(11-4)13-8/h5H,1-4H3,(H3,10,11,12,13). The third kappa shape index (κ3) is 2.31. The molecule has 0 unspecified atom stereocenters. The molecule has 0 saturated heterocycles. The highest BCUT2D eigenvalue weighted by atomic mass is 15.0. The lowest BCUT2D eigenvalue weighted by Gasteiger charge is -2.17. The molecule has 13 heavy (non-hydrogen) atoms. The van der Waals surface area contributed by atoms with Crippen molar-refractivity contribution in [2.75, 3.05) is 18.1 Å². The maximum absolute atomic E-state index is 5.64. The fourth-order valence-electron chi connectivity index (χ4n) is 0.929. The number of nitrogens with two attached hydrogens (primary N) is 1. The lowest BCUT2D eigenvalue weighted by atomic mass is 9.96. The van der Waals surface area contributed by atoms with E-state index in [9.17, 15) is 0 Å². The molecule has 0 bridgehead atoms. The lowest BCUT2D eigenvalue weighted by Crippen LogP contribution is -2.17. The molecule has 1 aromatic heterocycles. The average molecular weight is 180 g/mol. The molecule has 4 nitrogen and oxygen atoms in total. The van der Waals surface area contributed by atoms with E-state index in [4.69, 9.17) is 5.73 Å². The quantitative estimate of drug-likeness (QED) is 0.685. The third-order valence-corrected chi connectivity index (χ3v) is 1.67. The van der Waals surface area contributed by atoms with Gasteiger partial charge in [-0.1, -0.05) is 20.8 Å². The van der Waals surface area contributed by atoms with Gasteiger partial charge in [0, 0.05) is 18.5 Å². The zero-order valence-electron chi connectivity index (χ0n) is 8.55. The van der Waals surface area contributed by atoms with Gasteiger partial charge in [-0.05, 0) is 0 Å². The Morgan fingerprint density at radius 3 is 2.38 bits per heavy atom. The highest BCUT2D eigenvalue weighted by molar-refractivity contribution is 5.44. The molecule has 1 heterocycles. The van der Waals surface area contributed by atoms with Gasteiger partial charge in [-0.2, -0.15) is 0 Å². The van der Waals surface area contributed by atoms with Crippen LogP contribution in [-0.2, 0) is 5.41 Å². The average Bonchev–Trinajstić information content (AvgIpc) is 2.01. The smallest absolute Gasteiger partial charge is 0.138 e. The fraction of sp³-hybridized carbons (Fsp3) is 0.556. The summed E-state index contributed by atoms with van der Waals surface area (Å²) in [5.41, 5.74) is 5.57. The van der Waals surface area contributed by atoms with Crippen molar-refractivity contribution in [1.82, 2.24) is 9.97 Å². The lowest BCUT2D eigenvalue weighted by molar-refractivity contribution is 0.547. The summed E-state index contributed by atoms with van der Waals surface area (Å²) in [7, 11) is 1.81. The number of nitrogens with one attached hydrogen (secondary N) is 1. The van der Waals surface area contributed by atoms with Crippen LogP contribution < -0.4 is 11.1 Å². The molecule has 0 aromatic carbocycles. The van der Waals surface area contributed by atoms with E-state index in [1.54, 1.807) is 6.07 Å². The molecule has 0 amide bonds. The Hall–Kier alpha value is -1.32. The molecule has 4 heteroatoms. The molecule has 1 rings (SSSR count). The summed E-state index contributed by atoms with van der Waals surface area (Å²) in [5, 5.41) is 2.95. The van der Waals surface area contributed by atoms with Crippen molar-refractivity contribution < 1.29 is 0 Å². The minimum atomic E-state index is -0.0685. The van der Waals surface area contributed by atoms with Crippen molar-refractivity contribution in [3.05, 3.63) is 11.9 Å². The zero-order valence-corrected chi connectivity index (χ0v) is 8.55. The molecule has 0 radical (unpaired) electrons. The fourth-order valence-corrected chi connectivity index (χ4v) is 0.929. The Labute approximate surface area is 78.6 Å². The van der Waals surface area contributed by atoms with E-state index in [2.05, 4.69) is 36.1 Å². The van der Waals surface area contributed by atoms with Crippen LogP contribution in [-0.4, -0.2) is 17.0 Å². The molecule has 3 N–H and O–H groups in total. The number of hydrogen-bond donors (Lipinski definition) is 2. The molecule has 0 aliphatic carbocycles. The minimum Gasteiger partial charge on any atom is -0.384 e. The van der Waals surface area contributed by atoms with E-state index < -0.39 is 0 Å². The van der Waals surface area contributed by atoms with Gasteiger partial charge in [0.05, 0.1) is 0 Å². The SMILES string of the molecule is CNc1cc(N)nc(C(C)(C)C)n1. The Balaban J connectivity index is 3.16. The number of nitrogen functional groups attached to an aromatic ring is 1. The number of aromatic nitrogens is 2. The zero-order chi connectivity index (χ0) is 10.1. The molecular weight excluding hydrogens is 164 g/mol. The van der Waals surface area contributed by atoms with Gasteiger partial charge in [-0.3, -0.25) is 0 Å². The van der Waals surface area contributed by atoms with Crippen LogP contribution >= 0.6 is 0 Å². The van der Waals surface area contributed by atoms with Crippen molar-refractivity contribution >= 4 is 11.6 Å². The number of rotatable bonds is 1. The van der Waals surface area contributed by atoms with Crippen molar-refractivity contribution in [3.8, 4) is 0 Å². The third-order valence-electron chi connectivity index (χ3n) is 1.67. The number of hydrogen-bond acceptors (Lipinski definition) is 4. The first-order valence-corrected chi connectivity index (χ1v) is 4.26. The molecule has 72 valence electrons. The van der Waals surface area contributed by atoms with Crippen molar-refractivity contribution in [1.29, 1.82) is 0 Å². The van der Waals surface area contributed by atoms with Gasteiger partial charge >= 0.3 is 0 Å². The predicted molar refractivity (Wildman–Crippen MR) is 54.7 cm³/mol. The summed E-state index contributed by atoms with van der Waals surface area (Å²) in [4.78, 5) is 8.50. The first-order chi connectivity index (χ1) is 5.93. The van der Waals surface area contributed by atoms with E-state index in [1.165, 1.54) is 0 Å². The van der Waals surface area contributed by atoms with Gasteiger partial charge in [0.2, 0.25) is 0 Å². The Kier molecular flexibility index (Phi) is 2.40. The van der Waals surface area contributed by atoms with Gasteiger partial charge in [0.15, 0.2) is 0 Å². The van der Waals surface area contributed by atoms with Crippen molar-refractivity contribution in [3.63, 3.8) is 0 Å². The maximum atomic E-state index is 5.64. The van der Waals surface area contributed by atoms with Crippen LogP contribution in [0.4, 0.5) is 11.6 Å². The second-order valence-electron chi connectivity index (χ2n) is 4.00. The van der Waals surface area contributed by atoms with Gasteiger partial charge in [-0.15, -0.1) is 0 Å². The van der Waals surface area contributed by atoms with Crippen molar-refractivity contribution in [2.45, 2.75) is 26.2 Å². The molecular formula is C9H16N4. The molecule has 0 atom stereocenters. The summed E-state index contributed by atoms with van der Waals surface area (Å²) in [5.74, 6) is 2.03. The topological polar surface area (TPSA) is 63.8 Å². The van der Waals surface area contributed by atoms with Crippen molar-refractivity contribution in [2.24, 2.45) is 0 Å². The summed E-state index contributed by atoms with van der Waals surface area (Å²) < 4.78 is 0. The Morgan fingerprint density at radius 1 is 1.31 bits per heavy atom. The number of anilines is 2. The Morgan fingerprint density at radius 2 is 1.92 bits per heavy atom. The molecule has 1 aromatic rings. The first kappa shape index (κ1) is 9.77. The van der Waals surface area contributed by atoms with Crippen LogP contribution in [0.15, 0.2) is 6.07 Å². The van der Waals surface area contributed by atoms with Crippen LogP contribution in [0.2, 0.25) is 0 Å². The van der Waals surface area contributed by atoms with Crippen LogP contribution in [0.5, 0.6) is 0 Å². The summed E-state index contributed by atoms with van der Waals surface area (Å²) >= 11 is 0. The van der Waals surface area contributed by atoms with Gasteiger partial charge in [-0.25, -0.2) is 9.97 Å². The number of nitrogens with zero attached hydrogens (tertiary/aromatic N) is 2. The molecule has 0 aliphatic rings. The second kappa shape index (κ2) is 3.20. The largest absolute Gasteiger partial charge is 0.384 e. The highest BCUT2D eigenvalue weighted by Gasteiger charge is 2.18. The van der Waals surface area contributed by atoms with Crippen LogP contribution in [0.1, 0.15) is 26.6 Å². The van der Waals surface area contributed by atoms with Crippen LogP contribution in [0.25, 0.3) is 0 Å². The Bertz CT molecular complexity index is 301. The van der Waals surface area contributed by atoms with Crippen LogP contribution in [0.3, 0.4) is 0 Å². The van der Waals surface area contributed by atoms with Gasteiger partial charge in [0.25, 0.3) is 0 Å². The van der Waals surface area contributed by atoms with Gasteiger partial charge in [0.1, 0.15) is 17.5 Å². The second-order valence-corrected chi connectivity index (χ2v) is 4.00. The highest BCUT2D eigenvalue weighted by Crippen LogP contribution is 2.20. The molecule has 0 spiro atoms. The molecule has 0 aliphatic heterocycles. The summed E-state index contributed by atoms with van der Waals surface area (Å²) in [6.07, 6.45) is 0. The van der Waals surface area contributed by atoms with Crippen LogP contribution in [0, 0.1) is 0 Å². The normalized spacial score (nSPS) is 11.4.